The number of hydrogen-bond donors (Lipinski definition) is 0. The Bertz CT molecular complexity index is 1050. The van der Waals surface area contributed by atoms with Crippen molar-refractivity contribution in [1.82, 2.24) is 0 Å². The third kappa shape index (κ3) is 54.7. The average Bonchev–Trinajstić information content (AvgIpc) is 3.32. The van der Waals surface area contributed by atoms with Crippen LogP contribution >= 0.6 is 0 Å². The molecule has 1 atom stereocenters. The molecule has 0 rings (SSSR count). The van der Waals surface area contributed by atoms with Gasteiger partial charge in [-0.3, -0.25) is 9.59 Å². The van der Waals surface area contributed by atoms with Crippen LogP contribution in [0.15, 0.2) is 36.5 Å². The zero-order valence-electron chi connectivity index (χ0n) is 44.7. The third-order valence-corrected chi connectivity index (χ3v) is 13.2. The summed E-state index contributed by atoms with van der Waals surface area (Å²) < 4.78 is 17.5. The summed E-state index contributed by atoms with van der Waals surface area (Å²) in [5.41, 5.74) is 0. The average molecular weight is 928 g/mol. The number of rotatable bonds is 55. The summed E-state index contributed by atoms with van der Waals surface area (Å²) >= 11 is 0. The molecule has 5 heteroatoms. The molecule has 0 aromatic carbocycles. The Morgan fingerprint density at radius 2 is 0.636 bits per heavy atom. The van der Waals surface area contributed by atoms with Crippen molar-refractivity contribution in [2.45, 2.75) is 322 Å². The van der Waals surface area contributed by atoms with Crippen molar-refractivity contribution in [2.24, 2.45) is 0 Å². The second kappa shape index (κ2) is 57.4. The van der Waals surface area contributed by atoms with E-state index < -0.39 is 6.10 Å². The third-order valence-electron chi connectivity index (χ3n) is 13.2. The highest BCUT2D eigenvalue weighted by molar-refractivity contribution is 5.70. The lowest BCUT2D eigenvalue weighted by atomic mass is 10.0. The van der Waals surface area contributed by atoms with E-state index in [9.17, 15) is 9.59 Å². The summed E-state index contributed by atoms with van der Waals surface area (Å²) in [7, 11) is 0. The van der Waals surface area contributed by atoms with Gasteiger partial charge in [-0.1, -0.05) is 282 Å². The molecule has 0 aliphatic heterocycles. The maximum atomic E-state index is 12.8. The van der Waals surface area contributed by atoms with E-state index in [1.807, 2.05) is 0 Å². The topological polar surface area (TPSA) is 61.8 Å². The molecule has 0 fully saturated rings. The van der Waals surface area contributed by atoms with Crippen LogP contribution in [0.2, 0.25) is 0 Å². The molecule has 0 amide bonds. The van der Waals surface area contributed by atoms with E-state index in [-0.39, 0.29) is 25.2 Å². The van der Waals surface area contributed by atoms with Crippen LogP contribution in [0.3, 0.4) is 0 Å². The van der Waals surface area contributed by atoms with E-state index in [1.165, 1.54) is 225 Å². The Labute approximate surface area is 412 Å². The van der Waals surface area contributed by atoms with Gasteiger partial charge in [-0.15, -0.1) is 0 Å². The molecule has 5 nitrogen and oxygen atoms in total. The van der Waals surface area contributed by atoms with Crippen molar-refractivity contribution >= 4 is 11.9 Å². The molecule has 0 radical (unpaired) electrons. The van der Waals surface area contributed by atoms with Gasteiger partial charge >= 0.3 is 11.9 Å². The lowest BCUT2D eigenvalue weighted by molar-refractivity contribution is -0.163. The van der Waals surface area contributed by atoms with Crippen molar-refractivity contribution in [1.29, 1.82) is 0 Å². The highest BCUT2D eigenvalue weighted by Crippen LogP contribution is 2.17. The largest absolute Gasteiger partial charge is 0.462 e. The fraction of sp³-hybridized carbons (Fsp3) is 0.869. The number of carbonyl (C=O) groups excluding carboxylic acids is 2. The predicted molar refractivity (Wildman–Crippen MR) is 288 cm³/mol. The van der Waals surface area contributed by atoms with Gasteiger partial charge in [-0.25, -0.2) is 0 Å². The van der Waals surface area contributed by atoms with Gasteiger partial charge < -0.3 is 14.2 Å². The van der Waals surface area contributed by atoms with Crippen LogP contribution in [0, 0.1) is 0 Å². The first-order valence-corrected chi connectivity index (χ1v) is 29.5. The quantitative estimate of drug-likeness (QED) is 0.0345. The van der Waals surface area contributed by atoms with Gasteiger partial charge in [-0.05, 0) is 57.8 Å². The summed E-state index contributed by atoms with van der Waals surface area (Å²) in [5.74, 6) is -0.420. The number of unbranched alkanes of at least 4 members (excludes halogenated alkanes) is 38. The van der Waals surface area contributed by atoms with Crippen LogP contribution in [0.5, 0.6) is 0 Å². The predicted octanol–water partition coefficient (Wildman–Crippen LogP) is 20.1. The molecule has 0 saturated carbocycles. The van der Waals surface area contributed by atoms with E-state index in [4.69, 9.17) is 14.2 Å². The first-order valence-electron chi connectivity index (χ1n) is 29.5. The molecule has 0 unspecified atom stereocenters. The SMILES string of the molecule is CCCCC/C=C\C/C=C\C/C=C\CCCCC(=O)O[C@H](COCCCCCCCCCCCCCCCCCC)COC(=O)CCCCCCCCCCCCCCCCCCCCC. The molecule has 0 spiro atoms. The number of carbonyl (C=O) groups is 2. The summed E-state index contributed by atoms with van der Waals surface area (Å²) in [6, 6.07) is 0. The molecule has 0 aromatic heterocycles. The van der Waals surface area contributed by atoms with E-state index in [2.05, 4.69) is 57.2 Å². The van der Waals surface area contributed by atoms with Gasteiger partial charge in [0.2, 0.25) is 0 Å². The van der Waals surface area contributed by atoms with Crippen LogP contribution < -0.4 is 0 Å². The smallest absolute Gasteiger partial charge is 0.306 e. The van der Waals surface area contributed by atoms with Crippen molar-refractivity contribution in [3.05, 3.63) is 36.5 Å². The molecule has 0 bridgehead atoms. The molecule has 0 heterocycles. The zero-order valence-corrected chi connectivity index (χ0v) is 44.7. The van der Waals surface area contributed by atoms with Crippen LogP contribution in [0.25, 0.3) is 0 Å². The van der Waals surface area contributed by atoms with Crippen molar-refractivity contribution in [2.75, 3.05) is 19.8 Å². The van der Waals surface area contributed by atoms with Crippen molar-refractivity contribution in [3.8, 4) is 0 Å². The second-order valence-electron chi connectivity index (χ2n) is 19.9. The van der Waals surface area contributed by atoms with Gasteiger partial charge in [0, 0.05) is 19.4 Å². The number of esters is 2. The normalized spacial score (nSPS) is 12.3. The van der Waals surface area contributed by atoms with E-state index in [0.717, 1.165) is 57.8 Å². The molecule has 0 saturated heterocycles. The van der Waals surface area contributed by atoms with Gasteiger partial charge in [-0.2, -0.15) is 0 Å². The molecule has 0 aromatic rings. The second-order valence-corrected chi connectivity index (χ2v) is 19.9. The number of ether oxygens (including phenoxy) is 3. The molecule has 388 valence electrons. The van der Waals surface area contributed by atoms with E-state index in [1.54, 1.807) is 0 Å². The Morgan fingerprint density at radius 3 is 1.05 bits per heavy atom. The maximum Gasteiger partial charge on any atom is 0.306 e. The highest BCUT2D eigenvalue weighted by atomic mass is 16.6. The lowest BCUT2D eigenvalue weighted by Crippen LogP contribution is -2.30. The van der Waals surface area contributed by atoms with Crippen LogP contribution in [0.1, 0.15) is 316 Å². The lowest BCUT2D eigenvalue weighted by Gasteiger charge is -2.18. The summed E-state index contributed by atoms with van der Waals surface area (Å²) in [5, 5.41) is 0. The van der Waals surface area contributed by atoms with Crippen LogP contribution in [-0.4, -0.2) is 37.9 Å². The Kier molecular flexibility index (Phi) is 55.8. The van der Waals surface area contributed by atoms with E-state index >= 15 is 0 Å². The first-order chi connectivity index (χ1) is 32.6. The molecule has 0 N–H and O–H groups in total. The summed E-state index contributed by atoms with van der Waals surface area (Å²) in [4.78, 5) is 25.5. The molecule has 0 aliphatic carbocycles. The number of hydrogen-bond acceptors (Lipinski definition) is 5. The fourth-order valence-electron chi connectivity index (χ4n) is 8.76. The minimum Gasteiger partial charge on any atom is -0.462 e. The van der Waals surface area contributed by atoms with Crippen molar-refractivity contribution in [3.63, 3.8) is 0 Å². The molecule has 66 heavy (non-hydrogen) atoms. The monoisotopic (exact) mass is 927 g/mol. The van der Waals surface area contributed by atoms with Crippen LogP contribution in [-0.2, 0) is 23.8 Å². The van der Waals surface area contributed by atoms with Crippen LogP contribution in [0.4, 0.5) is 0 Å². The summed E-state index contributed by atoms with van der Waals surface area (Å²) in [6.45, 7) is 7.83. The minimum absolute atomic E-state index is 0.0769. The molecule has 0 aliphatic rings. The maximum absolute atomic E-state index is 12.8. The fourth-order valence-corrected chi connectivity index (χ4v) is 8.76. The summed E-state index contributed by atoms with van der Waals surface area (Å²) in [6.07, 6.45) is 70.3. The zero-order chi connectivity index (χ0) is 47.7. The van der Waals surface area contributed by atoms with Gasteiger partial charge in [0.15, 0.2) is 6.10 Å². The minimum atomic E-state index is -0.550. The Balaban J connectivity index is 4.25. The van der Waals surface area contributed by atoms with Crippen molar-refractivity contribution < 1.29 is 23.8 Å². The first kappa shape index (κ1) is 64.1. The molecular formula is C61H114O5. The Hall–Kier alpha value is -1.88. The van der Waals surface area contributed by atoms with Gasteiger partial charge in [0.05, 0.1) is 6.61 Å². The number of allylic oxidation sites excluding steroid dienone is 6. The van der Waals surface area contributed by atoms with Gasteiger partial charge in [0.25, 0.3) is 0 Å². The van der Waals surface area contributed by atoms with E-state index in [0.29, 0.717) is 19.4 Å². The van der Waals surface area contributed by atoms with Gasteiger partial charge in [0.1, 0.15) is 6.61 Å². The Morgan fingerprint density at radius 1 is 0.333 bits per heavy atom. The standard InChI is InChI=1S/C61H114O5/c1-4-7-10-13-16-19-22-25-28-30-31-32-34-36-39-42-45-48-51-54-60(62)65-58-59(57-64-56-53-50-47-44-41-38-35-29-26-23-20-17-14-11-8-5-2)66-61(63)55-52-49-46-43-40-37-33-27-24-21-18-15-12-9-6-3/h18,21,27,33,40,43,59H,4-17,19-20,22-26,28-32,34-39,41-42,44-58H2,1-3H3/b21-18-,33-27-,43-40-/t59-/m1/s1. The molecular weight excluding hydrogens is 813 g/mol. The highest BCUT2D eigenvalue weighted by Gasteiger charge is 2.17.